The molecule has 1 N–H and O–H groups in total. The lowest BCUT2D eigenvalue weighted by Crippen LogP contribution is -2.48. The van der Waals surface area contributed by atoms with Crippen molar-refractivity contribution >= 4 is 5.97 Å². The van der Waals surface area contributed by atoms with E-state index in [-0.39, 0.29) is 5.92 Å². The van der Waals surface area contributed by atoms with Gasteiger partial charge in [0.05, 0.1) is 5.92 Å². The Labute approximate surface area is 127 Å². The number of hydrogen-bond donors (Lipinski definition) is 1. The summed E-state index contributed by atoms with van der Waals surface area (Å²) in [7, 11) is 0. The van der Waals surface area contributed by atoms with E-state index in [2.05, 4.69) is 24.8 Å². The van der Waals surface area contributed by atoms with Gasteiger partial charge in [-0.15, -0.1) is 0 Å². The van der Waals surface area contributed by atoms with Crippen LogP contribution in [0.5, 0.6) is 0 Å². The third kappa shape index (κ3) is 2.71. The summed E-state index contributed by atoms with van der Waals surface area (Å²) in [5, 5.41) is 9.59. The van der Waals surface area contributed by atoms with E-state index in [4.69, 9.17) is 0 Å². The fourth-order valence-electron chi connectivity index (χ4n) is 4.17. The second kappa shape index (κ2) is 5.80. The summed E-state index contributed by atoms with van der Waals surface area (Å²) in [4.78, 5) is 14.1. The van der Waals surface area contributed by atoms with Crippen LogP contribution in [0.1, 0.15) is 50.2 Å². The molecule has 114 valence electrons. The average molecular weight is 287 g/mol. The molecule has 0 radical (unpaired) electrons. The summed E-state index contributed by atoms with van der Waals surface area (Å²) in [6.07, 6.45) is 3.79. The van der Waals surface area contributed by atoms with Crippen LogP contribution in [0.15, 0.2) is 24.3 Å². The predicted octanol–water partition coefficient (Wildman–Crippen LogP) is 3.50. The van der Waals surface area contributed by atoms with E-state index in [1.807, 2.05) is 18.2 Å². The largest absolute Gasteiger partial charge is 0.481 e. The van der Waals surface area contributed by atoms with Gasteiger partial charge in [0.15, 0.2) is 0 Å². The lowest BCUT2D eigenvalue weighted by molar-refractivity contribution is -0.140. The number of benzene rings is 1. The molecule has 2 aliphatic rings. The molecule has 0 bridgehead atoms. The summed E-state index contributed by atoms with van der Waals surface area (Å²) in [5.41, 5.74) is 2.21. The molecule has 1 aliphatic carbocycles. The standard InChI is InChI=1S/C18H25NO2/c1-12-6-5-9-17(13(12)2)19-10-14-7-3-4-8-15(14)16(11-19)18(20)21/h3-4,7-8,12-13,16-17H,5-6,9-11H2,1-2H3,(H,20,21). The first-order valence-corrected chi connectivity index (χ1v) is 8.12. The van der Waals surface area contributed by atoms with Gasteiger partial charge in [-0.3, -0.25) is 9.69 Å². The molecule has 3 nitrogen and oxygen atoms in total. The molecule has 3 rings (SSSR count). The fourth-order valence-corrected chi connectivity index (χ4v) is 4.17. The molecule has 1 heterocycles. The molecule has 1 fully saturated rings. The highest BCUT2D eigenvalue weighted by Gasteiger charge is 2.37. The van der Waals surface area contributed by atoms with Crippen LogP contribution in [-0.4, -0.2) is 28.6 Å². The third-order valence-electron chi connectivity index (χ3n) is 5.65. The summed E-state index contributed by atoms with van der Waals surface area (Å²) >= 11 is 0. The Morgan fingerprint density at radius 1 is 1.24 bits per heavy atom. The number of rotatable bonds is 2. The zero-order chi connectivity index (χ0) is 15.0. The van der Waals surface area contributed by atoms with Crippen molar-refractivity contribution in [2.45, 2.75) is 51.6 Å². The van der Waals surface area contributed by atoms with Gasteiger partial charge < -0.3 is 5.11 Å². The SMILES string of the molecule is CC1CCCC(N2Cc3ccccc3C(C(=O)O)C2)C1C. The monoisotopic (exact) mass is 287 g/mol. The maximum absolute atomic E-state index is 11.7. The highest BCUT2D eigenvalue weighted by atomic mass is 16.4. The maximum atomic E-state index is 11.7. The quantitative estimate of drug-likeness (QED) is 0.905. The zero-order valence-corrected chi connectivity index (χ0v) is 13.0. The Kier molecular flexibility index (Phi) is 4.03. The first-order chi connectivity index (χ1) is 10.1. The molecule has 21 heavy (non-hydrogen) atoms. The van der Waals surface area contributed by atoms with Crippen molar-refractivity contribution in [2.75, 3.05) is 6.54 Å². The fraction of sp³-hybridized carbons (Fsp3) is 0.611. The topological polar surface area (TPSA) is 40.5 Å². The van der Waals surface area contributed by atoms with Gasteiger partial charge in [-0.25, -0.2) is 0 Å². The molecular weight excluding hydrogens is 262 g/mol. The molecule has 1 aliphatic heterocycles. The van der Waals surface area contributed by atoms with Crippen molar-refractivity contribution in [1.82, 2.24) is 4.90 Å². The Balaban J connectivity index is 1.87. The van der Waals surface area contributed by atoms with Crippen molar-refractivity contribution in [1.29, 1.82) is 0 Å². The molecule has 1 aromatic rings. The lowest BCUT2D eigenvalue weighted by Gasteiger charge is -2.44. The second-order valence-corrected chi connectivity index (χ2v) is 6.85. The minimum absolute atomic E-state index is 0.376. The van der Waals surface area contributed by atoms with E-state index in [1.54, 1.807) is 0 Å². The molecule has 1 aromatic carbocycles. The Morgan fingerprint density at radius 2 is 2.00 bits per heavy atom. The Hall–Kier alpha value is -1.35. The van der Waals surface area contributed by atoms with Crippen LogP contribution in [-0.2, 0) is 11.3 Å². The molecule has 0 saturated heterocycles. The van der Waals surface area contributed by atoms with Crippen LogP contribution in [0.2, 0.25) is 0 Å². The molecule has 0 spiro atoms. The normalized spacial score (nSPS) is 33.4. The number of nitrogens with zero attached hydrogens (tertiary/aromatic N) is 1. The van der Waals surface area contributed by atoms with E-state index < -0.39 is 5.97 Å². The number of carbonyl (C=O) groups is 1. The van der Waals surface area contributed by atoms with E-state index in [0.29, 0.717) is 18.5 Å². The van der Waals surface area contributed by atoms with Gasteiger partial charge in [0.1, 0.15) is 0 Å². The summed E-state index contributed by atoms with van der Waals surface area (Å²) in [5.74, 6) is 0.325. The summed E-state index contributed by atoms with van der Waals surface area (Å²) < 4.78 is 0. The van der Waals surface area contributed by atoms with E-state index in [0.717, 1.165) is 18.0 Å². The Morgan fingerprint density at radius 3 is 2.76 bits per heavy atom. The van der Waals surface area contributed by atoms with Crippen LogP contribution in [0, 0.1) is 11.8 Å². The minimum atomic E-state index is -0.691. The van der Waals surface area contributed by atoms with Gasteiger partial charge in [-0.05, 0) is 29.4 Å². The number of carboxylic acid groups (broad SMARTS) is 1. The van der Waals surface area contributed by atoms with E-state index in [9.17, 15) is 9.90 Å². The van der Waals surface area contributed by atoms with Crippen LogP contribution in [0.25, 0.3) is 0 Å². The van der Waals surface area contributed by atoms with E-state index >= 15 is 0 Å². The van der Waals surface area contributed by atoms with Crippen molar-refractivity contribution in [3.8, 4) is 0 Å². The smallest absolute Gasteiger partial charge is 0.312 e. The maximum Gasteiger partial charge on any atom is 0.312 e. The average Bonchev–Trinajstić information content (AvgIpc) is 2.48. The molecule has 3 heteroatoms. The van der Waals surface area contributed by atoms with Gasteiger partial charge in [0.2, 0.25) is 0 Å². The molecule has 1 saturated carbocycles. The Bertz CT molecular complexity index is 528. The predicted molar refractivity (Wildman–Crippen MR) is 83.2 cm³/mol. The molecular formula is C18H25NO2. The highest BCUT2D eigenvalue weighted by Crippen LogP contribution is 2.37. The zero-order valence-electron chi connectivity index (χ0n) is 13.0. The molecule has 0 aromatic heterocycles. The summed E-state index contributed by atoms with van der Waals surface area (Å²) in [6.45, 7) is 6.24. The second-order valence-electron chi connectivity index (χ2n) is 6.85. The highest BCUT2D eigenvalue weighted by molar-refractivity contribution is 5.77. The summed E-state index contributed by atoms with van der Waals surface area (Å²) in [6, 6.07) is 8.58. The van der Waals surface area contributed by atoms with Gasteiger partial charge >= 0.3 is 5.97 Å². The first kappa shape index (κ1) is 14.6. The van der Waals surface area contributed by atoms with Crippen LogP contribution < -0.4 is 0 Å². The number of fused-ring (bicyclic) bond motifs is 1. The van der Waals surface area contributed by atoms with Gasteiger partial charge in [-0.1, -0.05) is 51.0 Å². The van der Waals surface area contributed by atoms with Crippen LogP contribution >= 0.6 is 0 Å². The van der Waals surface area contributed by atoms with Gasteiger partial charge in [-0.2, -0.15) is 0 Å². The van der Waals surface area contributed by atoms with E-state index in [1.165, 1.54) is 24.8 Å². The molecule has 4 atom stereocenters. The third-order valence-corrected chi connectivity index (χ3v) is 5.65. The minimum Gasteiger partial charge on any atom is -0.481 e. The first-order valence-electron chi connectivity index (χ1n) is 8.12. The van der Waals surface area contributed by atoms with Crippen molar-refractivity contribution in [2.24, 2.45) is 11.8 Å². The van der Waals surface area contributed by atoms with Crippen molar-refractivity contribution in [3.63, 3.8) is 0 Å². The van der Waals surface area contributed by atoms with Gasteiger partial charge in [0, 0.05) is 19.1 Å². The van der Waals surface area contributed by atoms with Crippen LogP contribution in [0.4, 0.5) is 0 Å². The number of hydrogen-bond acceptors (Lipinski definition) is 2. The number of aliphatic carboxylic acids is 1. The molecule has 0 amide bonds. The van der Waals surface area contributed by atoms with Crippen molar-refractivity contribution < 1.29 is 9.90 Å². The van der Waals surface area contributed by atoms with Crippen LogP contribution in [0.3, 0.4) is 0 Å². The molecule has 4 unspecified atom stereocenters. The lowest BCUT2D eigenvalue weighted by atomic mass is 9.76. The van der Waals surface area contributed by atoms with Crippen molar-refractivity contribution in [3.05, 3.63) is 35.4 Å². The number of carboxylic acids is 1. The van der Waals surface area contributed by atoms with Gasteiger partial charge in [0.25, 0.3) is 0 Å².